The summed E-state index contributed by atoms with van der Waals surface area (Å²) in [6.45, 7) is 0.386. The molecule has 9 heteroatoms. The maximum atomic E-state index is 13.2. The molecule has 0 unspecified atom stereocenters. The van der Waals surface area contributed by atoms with Crippen LogP contribution in [0.3, 0.4) is 0 Å². The fourth-order valence-corrected chi connectivity index (χ4v) is 4.90. The number of halogens is 1. The number of anilines is 2. The van der Waals surface area contributed by atoms with Crippen molar-refractivity contribution in [1.82, 2.24) is 19.3 Å². The maximum absolute atomic E-state index is 13.2. The molecule has 0 saturated carbocycles. The predicted molar refractivity (Wildman–Crippen MR) is 102 cm³/mol. The Kier molecular flexibility index (Phi) is 5.01. The average Bonchev–Trinajstić information content (AvgIpc) is 3.20. The lowest BCUT2D eigenvalue weighted by atomic mass is 10.1. The largest absolute Gasteiger partial charge is 0.309 e. The molecule has 1 saturated heterocycles. The number of nitrogens with one attached hydrogen (secondary N) is 1. The van der Waals surface area contributed by atoms with Gasteiger partial charge in [-0.15, -0.1) is 0 Å². The molecule has 0 amide bonds. The zero-order valence-corrected chi connectivity index (χ0v) is 15.7. The van der Waals surface area contributed by atoms with Gasteiger partial charge in [0.2, 0.25) is 16.0 Å². The summed E-state index contributed by atoms with van der Waals surface area (Å²) in [5.74, 6) is 0.474. The van der Waals surface area contributed by atoms with E-state index in [9.17, 15) is 12.8 Å². The van der Waals surface area contributed by atoms with E-state index in [0.29, 0.717) is 30.4 Å². The van der Waals surface area contributed by atoms with Crippen molar-refractivity contribution in [3.05, 3.63) is 72.4 Å². The topological polar surface area (TPSA) is 88.1 Å². The summed E-state index contributed by atoms with van der Waals surface area (Å²) in [7, 11) is -3.75. The quantitative estimate of drug-likeness (QED) is 0.708. The zero-order valence-electron chi connectivity index (χ0n) is 14.9. The molecular formula is C19H18FN5O2S. The van der Waals surface area contributed by atoms with Crippen LogP contribution in [0.1, 0.15) is 24.6 Å². The van der Waals surface area contributed by atoms with Gasteiger partial charge in [0.25, 0.3) is 0 Å². The molecule has 3 heterocycles. The molecule has 2 aromatic heterocycles. The van der Waals surface area contributed by atoms with Gasteiger partial charge in [-0.25, -0.2) is 27.8 Å². The molecule has 1 aliphatic rings. The summed E-state index contributed by atoms with van der Waals surface area (Å²) in [6.07, 6.45) is 4.62. The minimum atomic E-state index is -3.75. The van der Waals surface area contributed by atoms with Crippen molar-refractivity contribution in [3.8, 4) is 0 Å². The highest BCUT2D eigenvalue weighted by atomic mass is 32.2. The van der Waals surface area contributed by atoms with Crippen LogP contribution in [0.4, 0.5) is 16.2 Å². The van der Waals surface area contributed by atoms with Crippen LogP contribution in [-0.2, 0) is 10.0 Å². The lowest BCUT2D eigenvalue weighted by Gasteiger charge is -2.24. The Morgan fingerprint density at radius 2 is 1.86 bits per heavy atom. The standard InChI is InChI=1S/C19H18FN5O2S/c20-14-6-8-15(9-7-14)28(26,27)25-13-3-4-17(25)16-10-12-22-19(23-16)24-18-5-1-2-11-21-18/h1-2,5-12,17H,3-4,13H2,(H,21,22,23,24)/t17-/m0/s1. The van der Waals surface area contributed by atoms with Crippen LogP contribution in [0.2, 0.25) is 0 Å². The first-order valence-electron chi connectivity index (χ1n) is 8.82. The molecule has 0 aliphatic carbocycles. The Bertz CT molecular complexity index is 1060. The minimum absolute atomic E-state index is 0.0710. The molecule has 0 radical (unpaired) electrons. The first-order valence-corrected chi connectivity index (χ1v) is 10.3. The van der Waals surface area contributed by atoms with Gasteiger partial charge in [-0.2, -0.15) is 4.31 Å². The molecule has 144 valence electrons. The minimum Gasteiger partial charge on any atom is -0.309 e. The summed E-state index contributed by atoms with van der Waals surface area (Å²) < 4.78 is 40.7. The van der Waals surface area contributed by atoms with Gasteiger partial charge in [0, 0.05) is 18.9 Å². The van der Waals surface area contributed by atoms with Crippen LogP contribution in [0, 0.1) is 5.82 Å². The van der Waals surface area contributed by atoms with Gasteiger partial charge in [0.1, 0.15) is 11.6 Å². The van der Waals surface area contributed by atoms with Crippen molar-refractivity contribution in [2.75, 3.05) is 11.9 Å². The molecule has 7 nitrogen and oxygen atoms in total. The van der Waals surface area contributed by atoms with Gasteiger partial charge in [0.05, 0.1) is 16.6 Å². The monoisotopic (exact) mass is 399 g/mol. The Labute approximate surface area is 162 Å². The molecule has 4 rings (SSSR count). The second-order valence-electron chi connectivity index (χ2n) is 6.37. The first-order chi connectivity index (χ1) is 13.5. The van der Waals surface area contributed by atoms with E-state index in [1.165, 1.54) is 16.4 Å². The number of benzene rings is 1. The third-order valence-electron chi connectivity index (χ3n) is 4.55. The van der Waals surface area contributed by atoms with E-state index >= 15 is 0 Å². The fourth-order valence-electron chi connectivity index (χ4n) is 3.24. The summed E-state index contributed by atoms with van der Waals surface area (Å²) >= 11 is 0. The van der Waals surface area contributed by atoms with Gasteiger partial charge < -0.3 is 5.32 Å². The fraction of sp³-hybridized carbons (Fsp3) is 0.211. The van der Waals surface area contributed by atoms with Gasteiger partial charge in [-0.05, 0) is 55.3 Å². The molecule has 0 bridgehead atoms. The third kappa shape index (κ3) is 3.71. The summed E-state index contributed by atoms with van der Waals surface area (Å²) in [4.78, 5) is 12.9. The highest BCUT2D eigenvalue weighted by Crippen LogP contribution is 2.36. The molecule has 1 aliphatic heterocycles. The van der Waals surface area contributed by atoms with Crippen molar-refractivity contribution in [2.45, 2.75) is 23.8 Å². The lowest BCUT2D eigenvalue weighted by molar-refractivity contribution is 0.390. The van der Waals surface area contributed by atoms with Crippen LogP contribution >= 0.6 is 0 Å². The zero-order chi connectivity index (χ0) is 19.6. The van der Waals surface area contributed by atoms with Crippen LogP contribution in [0.25, 0.3) is 0 Å². The van der Waals surface area contributed by atoms with Crippen LogP contribution in [0.15, 0.2) is 65.8 Å². The number of hydrogen-bond donors (Lipinski definition) is 1. The highest BCUT2D eigenvalue weighted by molar-refractivity contribution is 7.89. The Morgan fingerprint density at radius 3 is 2.61 bits per heavy atom. The highest BCUT2D eigenvalue weighted by Gasteiger charge is 2.37. The molecule has 1 aromatic carbocycles. The Balaban J connectivity index is 1.61. The smallest absolute Gasteiger partial charge is 0.243 e. The molecular weight excluding hydrogens is 381 g/mol. The van der Waals surface area contributed by atoms with Crippen LogP contribution < -0.4 is 5.32 Å². The summed E-state index contributed by atoms with van der Waals surface area (Å²) in [5, 5.41) is 3.02. The SMILES string of the molecule is O=S(=O)(c1ccc(F)cc1)N1CCC[C@H]1c1ccnc(Nc2ccccn2)n1. The van der Waals surface area contributed by atoms with Crippen molar-refractivity contribution in [2.24, 2.45) is 0 Å². The van der Waals surface area contributed by atoms with Crippen LogP contribution in [0.5, 0.6) is 0 Å². The summed E-state index contributed by atoms with van der Waals surface area (Å²) in [5.41, 5.74) is 0.608. The van der Waals surface area contributed by atoms with E-state index in [1.807, 2.05) is 6.07 Å². The Hall–Kier alpha value is -2.91. The van der Waals surface area contributed by atoms with Gasteiger partial charge in [-0.1, -0.05) is 6.07 Å². The van der Waals surface area contributed by atoms with E-state index in [-0.39, 0.29) is 4.90 Å². The van der Waals surface area contributed by atoms with Crippen molar-refractivity contribution in [1.29, 1.82) is 0 Å². The normalized spacial score (nSPS) is 17.5. The number of sulfonamides is 1. The van der Waals surface area contributed by atoms with Gasteiger partial charge >= 0.3 is 0 Å². The molecule has 1 N–H and O–H groups in total. The number of rotatable bonds is 5. The van der Waals surface area contributed by atoms with Crippen molar-refractivity contribution in [3.63, 3.8) is 0 Å². The molecule has 1 fully saturated rings. The number of nitrogens with zero attached hydrogens (tertiary/aromatic N) is 4. The van der Waals surface area contributed by atoms with E-state index in [2.05, 4.69) is 20.3 Å². The van der Waals surface area contributed by atoms with Gasteiger partial charge in [-0.3, -0.25) is 0 Å². The second kappa shape index (κ2) is 7.61. The van der Waals surface area contributed by atoms with Crippen LogP contribution in [-0.4, -0.2) is 34.2 Å². The number of pyridine rings is 1. The third-order valence-corrected chi connectivity index (χ3v) is 6.47. The molecule has 1 atom stereocenters. The van der Waals surface area contributed by atoms with Crippen molar-refractivity contribution < 1.29 is 12.8 Å². The molecule has 3 aromatic rings. The second-order valence-corrected chi connectivity index (χ2v) is 8.26. The number of hydrogen-bond acceptors (Lipinski definition) is 6. The number of aromatic nitrogens is 3. The average molecular weight is 399 g/mol. The maximum Gasteiger partial charge on any atom is 0.243 e. The summed E-state index contributed by atoms with van der Waals surface area (Å²) in [6, 6.07) is 11.6. The first kappa shape index (κ1) is 18.5. The van der Waals surface area contributed by atoms with Gasteiger partial charge in [0.15, 0.2) is 0 Å². The lowest BCUT2D eigenvalue weighted by Crippen LogP contribution is -2.31. The van der Waals surface area contributed by atoms with E-state index in [4.69, 9.17) is 0 Å². The van der Waals surface area contributed by atoms with E-state index < -0.39 is 21.9 Å². The van der Waals surface area contributed by atoms with Crippen molar-refractivity contribution >= 4 is 21.8 Å². The predicted octanol–water partition coefficient (Wildman–Crippen LogP) is 3.28. The molecule has 28 heavy (non-hydrogen) atoms. The van der Waals surface area contributed by atoms with E-state index in [1.54, 1.807) is 30.6 Å². The Morgan fingerprint density at radius 1 is 1.04 bits per heavy atom. The van der Waals surface area contributed by atoms with E-state index in [0.717, 1.165) is 18.6 Å². The molecule has 0 spiro atoms.